The largest absolute Gasteiger partial charge is 0.478 e. The number of rotatable bonds is 5. The van der Waals surface area contributed by atoms with E-state index >= 15 is 0 Å². The van der Waals surface area contributed by atoms with Crippen molar-refractivity contribution in [1.82, 2.24) is 4.90 Å². The van der Waals surface area contributed by atoms with Gasteiger partial charge in [-0.05, 0) is 30.9 Å². The molecule has 5 nitrogen and oxygen atoms in total. The highest BCUT2D eigenvalue weighted by molar-refractivity contribution is 5.89. The zero-order chi connectivity index (χ0) is 17.3. The van der Waals surface area contributed by atoms with Crippen LogP contribution in [0.5, 0.6) is 0 Å². The number of aliphatic hydroxyl groups excluding tert-OH is 1. The van der Waals surface area contributed by atoms with Gasteiger partial charge < -0.3 is 10.2 Å². The van der Waals surface area contributed by atoms with Crippen molar-refractivity contribution in [3.63, 3.8) is 0 Å². The van der Waals surface area contributed by atoms with Crippen LogP contribution < -0.4 is 0 Å². The molecule has 0 bridgehead atoms. The minimum Gasteiger partial charge on any atom is -0.478 e. The van der Waals surface area contributed by atoms with E-state index in [0.29, 0.717) is 24.1 Å². The molecule has 24 heavy (non-hydrogen) atoms. The molecule has 6 heteroatoms. The van der Waals surface area contributed by atoms with Crippen LogP contribution in [0, 0.1) is 11.7 Å². The topological polar surface area (TPSA) is 77.8 Å². The maximum Gasteiger partial charge on any atom is 0.328 e. The molecule has 2 aliphatic rings. The van der Waals surface area contributed by atoms with Crippen LogP contribution in [0.1, 0.15) is 30.9 Å². The summed E-state index contributed by atoms with van der Waals surface area (Å²) in [7, 11) is 0. The molecule has 3 rings (SSSR count). The zero-order valence-corrected chi connectivity index (χ0v) is 13.2. The minimum atomic E-state index is -1.14. The molecule has 0 amide bonds. The Labute approximate surface area is 139 Å². The normalized spacial score (nSPS) is 24.8. The summed E-state index contributed by atoms with van der Waals surface area (Å²) in [6, 6.07) is 5.47. The lowest BCUT2D eigenvalue weighted by Crippen LogP contribution is -2.43. The Bertz CT molecular complexity index is 683. The Hall–Kier alpha value is -2.05. The van der Waals surface area contributed by atoms with Crippen molar-refractivity contribution in [2.24, 2.45) is 5.92 Å². The number of carbonyl (C=O) groups is 2. The summed E-state index contributed by atoms with van der Waals surface area (Å²) in [5.41, 5.74) is 0.666. The van der Waals surface area contributed by atoms with Crippen molar-refractivity contribution in [2.75, 3.05) is 13.1 Å². The summed E-state index contributed by atoms with van der Waals surface area (Å²) in [4.78, 5) is 25.5. The second-order valence-corrected chi connectivity index (χ2v) is 6.43. The lowest BCUT2D eigenvalue weighted by Gasteiger charge is -2.37. The zero-order valence-electron chi connectivity index (χ0n) is 13.2. The number of aliphatic hydroxyl groups is 1. The van der Waals surface area contributed by atoms with Crippen molar-refractivity contribution in [2.45, 2.75) is 31.4 Å². The van der Waals surface area contributed by atoms with Gasteiger partial charge in [0.05, 0.1) is 12.1 Å². The summed E-state index contributed by atoms with van der Waals surface area (Å²) < 4.78 is 14.3. The molecule has 2 atom stereocenters. The predicted octanol–water partition coefficient (Wildman–Crippen LogP) is 1.92. The van der Waals surface area contributed by atoms with Crippen molar-refractivity contribution in [1.29, 1.82) is 0 Å². The molecular weight excluding hydrogens is 313 g/mol. The molecule has 2 N–H and O–H groups in total. The number of halogens is 1. The van der Waals surface area contributed by atoms with Crippen LogP contribution in [0.2, 0.25) is 0 Å². The van der Waals surface area contributed by atoms with Crippen molar-refractivity contribution >= 4 is 11.8 Å². The minimum absolute atomic E-state index is 0.0221. The third kappa shape index (κ3) is 3.55. The van der Waals surface area contributed by atoms with Gasteiger partial charge in [0, 0.05) is 30.6 Å². The number of benzene rings is 1. The Morgan fingerprint density at radius 1 is 1.25 bits per heavy atom. The van der Waals surface area contributed by atoms with Crippen LogP contribution in [0.3, 0.4) is 0 Å². The molecule has 1 aliphatic carbocycles. The monoisotopic (exact) mass is 333 g/mol. The highest BCUT2D eigenvalue weighted by Crippen LogP contribution is 2.39. The third-order valence-corrected chi connectivity index (χ3v) is 4.63. The Balaban J connectivity index is 1.92. The van der Waals surface area contributed by atoms with E-state index in [0.717, 1.165) is 18.9 Å². The van der Waals surface area contributed by atoms with E-state index < -0.39 is 23.9 Å². The molecule has 0 spiro atoms. The number of carboxylic acid groups (broad SMARTS) is 1. The van der Waals surface area contributed by atoms with E-state index in [-0.39, 0.29) is 18.2 Å². The third-order valence-electron chi connectivity index (χ3n) is 4.63. The summed E-state index contributed by atoms with van der Waals surface area (Å²) in [6.07, 6.45) is 2.10. The van der Waals surface area contributed by atoms with Crippen LogP contribution >= 0.6 is 0 Å². The maximum absolute atomic E-state index is 14.3. The molecule has 0 aromatic heterocycles. The Kier molecular flexibility index (Phi) is 4.78. The van der Waals surface area contributed by atoms with Gasteiger partial charge in [-0.3, -0.25) is 9.69 Å². The highest BCUT2D eigenvalue weighted by atomic mass is 19.1. The average Bonchev–Trinajstić information content (AvgIpc) is 3.36. The first kappa shape index (κ1) is 16.8. The van der Waals surface area contributed by atoms with Gasteiger partial charge in [0.1, 0.15) is 5.82 Å². The van der Waals surface area contributed by atoms with Gasteiger partial charge >= 0.3 is 5.97 Å². The molecule has 1 saturated heterocycles. The molecule has 0 radical (unpaired) electrons. The summed E-state index contributed by atoms with van der Waals surface area (Å²) in [5.74, 6) is -1.65. The van der Waals surface area contributed by atoms with Crippen LogP contribution in [-0.2, 0) is 9.59 Å². The quantitative estimate of drug-likeness (QED) is 0.805. The number of carboxylic acids is 1. The fourth-order valence-corrected chi connectivity index (χ4v) is 3.23. The van der Waals surface area contributed by atoms with Gasteiger partial charge in [-0.2, -0.15) is 0 Å². The van der Waals surface area contributed by atoms with Gasteiger partial charge in [0.2, 0.25) is 0 Å². The number of likely N-dealkylation sites (tertiary alicyclic amines) is 1. The van der Waals surface area contributed by atoms with Crippen LogP contribution in [0.25, 0.3) is 0 Å². The molecule has 1 aromatic rings. The van der Waals surface area contributed by atoms with Crippen LogP contribution in [0.4, 0.5) is 4.39 Å². The van der Waals surface area contributed by atoms with E-state index in [1.165, 1.54) is 6.07 Å². The molecule has 1 saturated carbocycles. The number of hydrogen-bond donors (Lipinski definition) is 2. The van der Waals surface area contributed by atoms with E-state index in [9.17, 15) is 19.1 Å². The van der Waals surface area contributed by atoms with Gasteiger partial charge in [-0.25, -0.2) is 9.18 Å². The van der Waals surface area contributed by atoms with Crippen molar-refractivity contribution in [3.05, 3.63) is 47.3 Å². The predicted molar refractivity (Wildman–Crippen MR) is 84.8 cm³/mol. The fraction of sp³-hybridized carbons (Fsp3) is 0.444. The molecular formula is C18H20FNO4. The number of ketones is 1. The summed E-state index contributed by atoms with van der Waals surface area (Å²) in [6.45, 7) is 0.556. The van der Waals surface area contributed by atoms with Crippen LogP contribution in [-0.4, -0.2) is 46.1 Å². The molecule has 1 aromatic carbocycles. The van der Waals surface area contributed by atoms with E-state index in [4.69, 9.17) is 5.11 Å². The molecule has 2 unspecified atom stereocenters. The van der Waals surface area contributed by atoms with Gasteiger partial charge in [0.25, 0.3) is 0 Å². The second-order valence-electron chi connectivity index (χ2n) is 6.43. The first-order valence-electron chi connectivity index (χ1n) is 8.11. The lowest BCUT2D eigenvalue weighted by molar-refractivity contribution is -0.131. The van der Waals surface area contributed by atoms with Crippen molar-refractivity contribution < 1.29 is 24.2 Å². The van der Waals surface area contributed by atoms with E-state index in [1.54, 1.807) is 23.1 Å². The Morgan fingerprint density at radius 3 is 2.58 bits per heavy atom. The van der Waals surface area contributed by atoms with Crippen LogP contribution in [0.15, 0.2) is 35.9 Å². The fourth-order valence-electron chi connectivity index (χ4n) is 3.23. The van der Waals surface area contributed by atoms with Gasteiger partial charge in [-0.1, -0.05) is 18.2 Å². The number of piperidine rings is 1. The first-order chi connectivity index (χ1) is 11.5. The molecule has 128 valence electrons. The average molecular weight is 333 g/mol. The second kappa shape index (κ2) is 6.83. The van der Waals surface area contributed by atoms with Gasteiger partial charge in [-0.15, -0.1) is 0 Å². The molecule has 2 fully saturated rings. The SMILES string of the molecule is O=C(O)/C=C1\CN(C(C(=O)C2CC2)c2ccccc2F)CCC1O. The number of hydrogen-bond acceptors (Lipinski definition) is 4. The van der Waals surface area contributed by atoms with E-state index in [1.807, 2.05) is 0 Å². The smallest absolute Gasteiger partial charge is 0.328 e. The lowest BCUT2D eigenvalue weighted by atomic mass is 9.93. The molecule has 1 aliphatic heterocycles. The maximum atomic E-state index is 14.3. The number of Topliss-reactive ketones (excluding diaryl/α,β-unsaturated/α-hetero) is 1. The number of nitrogens with zero attached hydrogens (tertiary/aromatic N) is 1. The first-order valence-corrected chi connectivity index (χ1v) is 8.11. The molecule has 1 heterocycles. The van der Waals surface area contributed by atoms with Crippen molar-refractivity contribution in [3.8, 4) is 0 Å². The number of aliphatic carboxylic acids is 1. The van der Waals surface area contributed by atoms with Gasteiger partial charge in [0.15, 0.2) is 5.78 Å². The highest BCUT2D eigenvalue weighted by Gasteiger charge is 2.41. The Morgan fingerprint density at radius 2 is 1.96 bits per heavy atom. The standard InChI is InChI=1S/C18H20FNO4/c19-14-4-2-1-3-13(14)17(18(24)11-5-6-11)20-8-7-15(21)12(10-20)9-16(22)23/h1-4,9,11,15,17,21H,5-8,10H2,(H,22,23)/b12-9+. The summed E-state index contributed by atoms with van der Waals surface area (Å²) >= 11 is 0. The summed E-state index contributed by atoms with van der Waals surface area (Å²) in [5, 5.41) is 18.9. The number of carbonyl (C=O) groups excluding carboxylic acids is 1. The van der Waals surface area contributed by atoms with E-state index in [2.05, 4.69) is 0 Å².